The van der Waals surface area contributed by atoms with E-state index in [0.29, 0.717) is 0 Å². The van der Waals surface area contributed by atoms with E-state index in [4.69, 9.17) is 0 Å². The van der Waals surface area contributed by atoms with Crippen LogP contribution >= 0.6 is 0 Å². The second-order valence-corrected chi connectivity index (χ2v) is 3.64. The van der Waals surface area contributed by atoms with Gasteiger partial charge in [0.05, 0.1) is 17.2 Å². The minimum atomic E-state index is -0.0850. The van der Waals surface area contributed by atoms with Crippen molar-refractivity contribution in [2.75, 3.05) is 0 Å². The summed E-state index contributed by atoms with van der Waals surface area (Å²) in [5, 5.41) is 6.06. The lowest BCUT2D eigenvalue weighted by atomic mass is 10.1. The molecule has 0 fully saturated rings. The van der Waals surface area contributed by atoms with Crippen LogP contribution in [0.25, 0.3) is 21.8 Å². The summed E-state index contributed by atoms with van der Waals surface area (Å²) in [7, 11) is 0. The molecule has 4 heteroatoms. The summed E-state index contributed by atoms with van der Waals surface area (Å²) in [6.45, 7) is 1.50. The van der Waals surface area contributed by atoms with Crippen LogP contribution in [0.5, 0.6) is 0 Å². The van der Waals surface area contributed by atoms with Crippen molar-refractivity contribution in [1.82, 2.24) is 14.8 Å². The maximum Gasteiger partial charge on any atom is 0.244 e. The number of rotatable bonds is 0. The van der Waals surface area contributed by atoms with Crippen LogP contribution in [0.1, 0.15) is 11.7 Å². The number of nitrogens with zero attached hydrogens (tertiary/aromatic N) is 3. The molecule has 0 unspecified atom stereocenters. The van der Waals surface area contributed by atoms with Crippen molar-refractivity contribution < 1.29 is 4.79 Å². The molecule has 3 aromatic rings. The third kappa shape index (κ3) is 1.13. The Morgan fingerprint density at radius 2 is 2.12 bits per heavy atom. The van der Waals surface area contributed by atoms with Gasteiger partial charge in [0.25, 0.3) is 0 Å². The molecule has 0 N–H and O–H groups in total. The molecule has 0 radical (unpaired) electrons. The molecule has 0 atom stereocenters. The molecule has 2 aromatic heterocycles. The van der Waals surface area contributed by atoms with Crippen LogP contribution in [0.15, 0.2) is 36.7 Å². The minimum absolute atomic E-state index is 0.0850. The molecule has 1 aromatic carbocycles. The zero-order valence-corrected chi connectivity index (χ0v) is 8.71. The fourth-order valence-electron chi connectivity index (χ4n) is 1.91. The fourth-order valence-corrected chi connectivity index (χ4v) is 1.91. The Morgan fingerprint density at radius 3 is 2.94 bits per heavy atom. The molecule has 0 saturated carbocycles. The lowest BCUT2D eigenvalue weighted by Gasteiger charge is -1.99. The lowest BCUT2D eigenvalue weighted by molar-refractivity contribution is 0.0927. The number of hydrogen-bond donors (Lipinski definition) is 0. The summed E-state index contributed by atoms with van der Waals surface area (Å²) in [6, 6.07) is 7.64. The molecule has 0 aliphatic heterocycles. The number of aromatic nitrogens is 3. The Labute approximate surface area is 91.5 Å². The topological polar surface area (TPSA) is 47.8 Å². The summed E-state index contributed by atoms with van der Waals surface area (Å²) in [5.41, 5.74) is 1.74. The van der Waals surface area contributed by atoms with Crippen molar-refractivity contribution in [3.05, 3.63) is 36.7 Å². The highest BCUT2D eigenvalue weighted by atomic mass is 16.2. The van der Waals surface area contributed by atoms with Gasteiger partial charge in [-0.1, -0.05) is 6.07 Å². The average Bonchev–Trinajstić information content (AvgIpc) is 2.73. The molecular weight excluding hydrogens is 202 g/mol. The number of pyridine rings is 1. The van der Waals surface area contributed by atoms with Crippen LogP contribution < -0.4 is 0 Å². The standard InChI is InChI=1S/C12H9N3O/c1-8(16)15-12-5-4-11-9(3-2-6-13-11)10(12)7-14-15/h2-7H,1H3. The Bertz CT molecular complexity index is 700. The van der Waals surface area contributed by atoms with E-state index in [2.05, 4.69) is 10.1 Å². The smallest absolute Gasteiger partial charge is 0.244 e. The number of hydrogen-bond acceptors (Lipinski definition) is 3. The number of benzene rings is 1. The summed E-state index contributed by atoms with van der Waals surface area (Å²) in [6.07, 6.45) is 3.46. The van der Waals surface area contributed by atoms with E-state index < -0.39 is 0 Å². The Kier molecular flexibility index (Phi) is 1.77. The van der Waals surface area contributed by atoms with Gasteiger partial charge in [0.15, 0.2) is 0 Å². The predicted octanol–water partition coefficient (Wildman–Crippen LogP) is 2.24. The van der Waals surface area contributed by atoms with E-state index in [-0.39, 0.29) is 5.91 Å². The van der Waals surface area contributed by atoms with Crippen LogP contribution in [0, 0.1) is 0 Å². The molecule has 0 saturated heterocycles. The van der Waals surface area contributed by atoms with Crippen LogP contribution in [-0.4, -0.2) is 20.7 Å². The summed E-state index contributed by atoms with van der Waals surface area (Å²) >= 11 is 0. The van der Waals surface area contributed by atoms with Gasteiger partial charge in [-0.3, -0.25) is 9.78 Å². The van der Waals surface area contributed by atoms with Gasteiger partial charge in [-0.05, 0) is 18.2 Å². The van der Waals surface area contributed by atoms with E-state index >= 15 is 0 Å². The minimum Gasteiger partial charge on any atom is -0.273 e. The Hall–Kier alpha value is -2.23. The van der Waals surface area contributed by atoms with Crippen LogP contribution in [0.3, 0.4) is 0 Å². The molecule has 78 valence electrons. The second-order valence-electron chi connectivity index (χ2n) is 3.64. The summed E-state index contributed by atoms with van der Waals surface area (Å²) in [4.78, 5) is 15.6. The first-order chi connectivity index (χ1) is 7.77. The van der Waals surface area contributed by atoms with Crippen molar-refractivity contribution in [2.45, 2.75) is 6.92 Å². The number of carbonyl (C=O) groups is 1. The summed E-state index contributed by atoms with van der Waals surface area (Å²) < 4.78 is 1.40. The highest BCUT2D eigenvalue weighted by Crippen LogP contribution is 2.23. The van der Waals surface area contributed by atoms with Gasteiger partial charge in [-0.15, -0.1) is 0 Å². The van der Waals surface area contributed by atoms with Gasteiger partial charge in [0.2, 0.25) is 5.91 Å². The summed E-state index contributed by atoms with van der Waals surface area (Å²) in [5.74, 6) is -0.0850. The predicted molar refractivity (Wildman–Crippen MR) is 61.3 cm³/mol. The second kappa shape index (κ2) is 3.13. The molecule has 0 aliphatic rings. The van der Waals surface area contributed by atoms with E-state index in [1.54, 1.807) is 12.4 Å². The molecular formula is C12H9N3O. The van der Waals surface area contributed by atoms with Gasteiger partial charge < -0.3 is 0 Å². The highest BCUT2D eigenvalue weighted by Gasteiger charge is 2.08. The SMILES string of the molecule is CC(=O)n1ncc2c3cccnc3ccc21. The first-order valence-corrected chi connectivity index (χ1v) is 5.00. The van der Waals surface area contributed by atoms with Crippen molar-refractivity contribution in [1.29, 1.82) is 0 Å². The van der Waals surface area contributed by atoms with Crippen molar-refractivity contribution >= 4 is 27.7 Å². The Balaban J connectivity index is 2.49. The molecule has 0 amide bonds. The van der Waals surface area contributed by atoms with Gasteiger partial charge in [0, 0.05) is 23.9 Å². The molecule has 0 bridgehead atoms. The van der Waals surface area contributed by atoms with Crippen molar-refractivity contribution in [3.8, 4) is 0 Å². The van der Waals surface area contributed by atoms with Gasteiger partial charge >= 0.3 is 0 Å². The molecule has 16 heavy (non-hydrogen) atoms. The van der Waals surface area contributed by atoms with E-state index in [9.17, 15) is 4.79 Å². The third-order valence-corrected chi connectivity index (χ3v) is 2.63. The lowest BCUT2D eigenvalue weighted by Crippen LogP contribution is -2.06. The maximum absolute atomic E-state index is 11.3. The Morgan fingerprint density at radius 1 is 1.25 bits per heavy atom. The van der Waals surface area contributed by atoms with Crippen molar-refractivity contribution in [3.63, 3.8) is 0 Å². The first kappa shape index (κ1) is 9.03. The van der Waals surface area contributed by atoms with E-state index in [0.717, 1.165) is 21.8 Å². The zero-order valence-electron chi connectivity index (χ0n) is 8.71. The monoisotopic (exact) mass is 211 g/mol. The average molecular weight is 211 g/mol. The maximum atomic E-state index is 11.3. The largest absolute Gasteiger partial charge is 0.273 e. The van der Waals surface area contributed by atoms with Crippen LogP contribution in [0.2, 0.25) is 0 Å². The van der Waals surface area contributed by atoms with Gasteiger partial charge in [0.1, 0.15) is 0 Å². The molecule has 2 heterocycles. The normalized spacial score (nSPS) is 11.1. The fraction of sp³-hybridized carbons (Fsp3) is 0.0833. The third-order valence-electron chi connectivity index (χ3n) is 2.63. The highest BCUT2D eigenvalue weighted by molar-refractivity contribution is 6.06. The van der Waals surface area contributed by atoms with Gasteiger partial charge in [-0.25, -0.2) is 4.68 Å². The van der Waals surface area contributed by atoms with E-state index in [1.807, 2.05) is 24.3 Å². The van der Waals surface area contributed by atoms with E-state index in [1.165, 1.54) is 11.6 Å². The van der Waals surface area contributed by atoms with Crippen LogP contribution in [-0.2, 0) is 0 Å². The molecule has 0 spiro atoms. The number of fused-ring (bicyclic) bond motifs is 3. The first-order valence-electron chi connectivity index (χ1n) is 5.00. The van der Waals surface area contributed by atoms with Crippen LogP contribution in [0.4, 0.5) is 0 Å². The van der Waals surface area contributed by atoms with Gasteiger partial charge in [-0.2, -0.15) is 5.10 Å². The van der Waals surface area contributed by atoms with Crippen molar-refractivity contribution in [2.24, 2.45) is 0 Å². The number of carbonyl (C=O) groups excluding carboxylic acids is 1. The molecule has 0 aliphatic carbocycles. The zero-order chi connectivity index (χ0) is 11.1. The molecule has 3 rings (SSSR count). The molecule has 4 nitrogen and oxygen atoms in total. The quantitative estimate of drug-likeness (QED) is 0.573.